The van der Waals surface area contributed by atoms with Crippen LogP contribution in [0.5, 0.6) is 5.75 Å². The summed E-state index contributed by atoms with van der Waals surface area (Å²) in [5.41, 5.74) is 4.05. The van der Waals surface area contributed by atoms with Crippen LogP contribution in [0.1, 0.15) is 27.9 Å². The molecule has 0 atom stereocenters. The van der Waals surface area contributed by atoms with Crippen LogP contribution in [-0.4, -0.2) is 18.1 Å². The highest BCUT2D eigenvalue weighted by molar-refractivity contribution is 6.06. The molecule has 3 heteroatoms. The Balaban J connectivity index is 1.88. The summed E-state index contributed by atoms with van der Waals surface area (Å²) in [4.78, 5) is 14.1. The van der Waals surface area contributed by atoms with Crippen molar-refractivity contribution in [1.82, 2.24) is 0 Å². The van der Waals surface area contributed by atoms with Gasteiger partial charge in [-0.05, 0) is 54.7 Å². The Hall–Kier alpha value is -2.29. The minimum Gasteiger partial charge on any atom is -0.508 e. The molecule has 20 heavy (non-hydrogen) atoms. The van der Waals surface area contributed by atoms with E-state index in [1.807, 2.05) is 18.2 Å². The molecular formula is C17H17NO2. The number of carbonyl (C=O) groups is 1. The lowest BCUT2D eigenvalue weighted by atomic mass is 10.1. The number of phenols is 1. The van der Waals surface area contributed by atoms with Gasteiger partial charge >= 0.3 is 0 Å². The third-order valence-corrected chi connectivity index (χ3v) is 3.87. The van der Waals surface area contributed by atoms with E-state index in [0.29, 0.717) is 11.3 Å². The zero-order valence-corrected chi connectivity index (χ0v) is 11.5. The molecule has 3 rings (SSSR count). The van der Waals surface area contributed by atoms with E-state index in [4.69, 9.17) is 0 Å². The number of hydrogen-bond donors (Lipinski definition) is 1. The van der Waals surface area contributed by atoms with E-state index in [9.17, 15) is 9.90 Å². The predicted molar refractivity (Wildman–Crippen MR) is 79.3 cm³/mol. The molecule has 0 bridgehead atoms. The van der Waals surface area contributed by atoms with E-state index in [0.717, 1.165) is 12.8 Å². The second kappa shape index (κ2) is 5.00. The van der Waals surface area contributed by atoms with Crippen LogP contribution in [0.25, 0.3) is 0 Å². The van der Waals surface area contributed by atoms with Crippen molar-refractivity contribution in [3.05, 3.63) is 59.2 Å². The van der Waals surface area contributed by atoms with Gasteiger partial charge in [0.15, 0.2) is 0 Å². The number of benzene rings is 2. The van der Waals surface area contributed by atoms with Crippen molar-refractivity contribution in [3.63, 3.8) is 0 Å². The lowest BCUT2D eigenvalue weighted by Gasteiger charge is -2.18. The number of phenolic OH excluding ortho intramolecular Hbond substituents is 1. The van der Waals surface area contributed by atoms with Crippen molar-refractivity contribution in [1.29, 1.82) is 0 Å². The molecule has 0 radical (unpaired) electrons. The highest BCUT2D eigenvalue weighted by atomic mass is 16.3. The molecule has 0 saturated heterocycles. The Labute approximate surface area is 118 Å². The number of aromatic hydroxyl groups is 1. The van der Waals surface area contributed by atoms with E-state index in [2.05, 4.69) is 6.07 Å². The summed E-state index contributed by atoms with van der Waals surface area (Å²) in [6.07, 6.45) is 3.36. The van der Waals surface area contributed by atoms with Crippen LogP contribution in [0, 0.1) is 0 Å². The van der Waals surface area contributed by atoms with Gasteiger partial charge in [0.1, 0.15) is 5.75 Å². The Morgan fingerprint density at radius 1 is 1.10 bits per heavy atom. The van der Waals surface area contributed by atoms with Crippen LogP contribution < -0.4 is 4.90 Å². The molecule has 102 valence electrons. The maximum atomic E-state index is 12.5. The van der Waals surface area contributed by atoms with Gasteiger partial charge in [-0.3, -0.25) is 4.79 Å². The average molecular weight is 267 g/mol. The van der Waals surface area contributed by atoms with Crippen molar-refractivity contribution in [3.8, 4) is 5.75 Å². The Bertz CT molecular complexity index is 664. The van der Waals surface area contributed by atoms with Crippen LogP contribution >= 0.6 is 0 Å². The smallest absolute Gasteiger partial charge is 0.258 e. The summed E-state index contributed by atoms with van der Waals surface area (Å²) in [7, 11) is 1.73. The van der Waals surface area contributed by atoms with Gasteiger partial charge in [-0.1, -0.05) is 12.1 Å². The number of carbonyl (C=O) groups excluding carboxylic acids is 1. The van der Waals surface area contributed by atoms with Gasteiger partial charge in [0.05, 0.1) is 0 Å². The predicted octanol–water partition coefficient (Wildman–Crippen LogP) is 3.16. The molecule has 0 aliphatic heterocycles. The molecule has 1 aliphatic carbocycles. The number of aryl methyl sites for hydroxylation is 2. The van der Waals surface area contributed by atoms with Gasteiger partial charge in [0.25, 0.3) is 5.91 Å². The standard InChI is InChI=1S/C17H17NO2/c1-18(15-6-3-7-16(19)11-15)17(20)14-9-8-12-4-2-5-13(12)10-14/h3,6-11,19H,2,4-5H2,1H3. The van der Waals surface area contributed by atoms with Gasteiger partial charge in [-0.2, -0.15) is 0 Å². The molecule has 3 nitrogen and oxygen atoms in total. The van der Waals surface area contributed by atoms with Crippen molar-refractivity contribution in [2.45, 2.75) is 19.3 Å². The number of nitrogens with zero attached hydrogens (tertiary/aromatic N) is 1. The molecule has 0 spiro atoms. The molecular weight excluding hydrogens is 250 g/mol. The number of amides is 1. The van der Waals surface area contributed by atoms with E-state index < -0.39 is 0 Å². The molecule has 2 aromatic rings. The van der Waals surface area contributed by atoms with Gasteiger partial charge < -0.3 is 10.0 Å². The largest absolute Gasteiger partial charge is 0.508 e. The summed E-state index contributed by atoms with van der Waals surface area (Å²) in [5, 5.41) is 9.50. The van der Waals surface area contributed by atoms with Crippen LogP contribution in [-0.2, 0) is 12.8 Å². The average Bonchev–Trinajstić information content (AvgIpc) is 2.93. The first-order valence-electron chi connectivity index (χ1n) is 6.84. The first-order valence-corrected chi connectivity index (χ1v) is 6.84. The molecule has 2 aromatic carbocycles. The molecule has 1 N–H and O–H groups in total. The SMILES string of the molecule is CN(C(=O)c1ccc2c(c1)CCC2)c1cccc(O)c1. The van der Waals surface area contributed by atoms with Gasteiger partial charge in [-0.15, -0.1) is 0 Å². The molecule has 0 heterocycles. The molecule has 0 aromatic heterocycles. The fraction of sp³-hybridized carbons (Fsp3) is 0.235. The van der Waals surface area contributed by atoms with E-state index in [-0.39, 0.29) is 11.7 Å². The zero-order valence-electron chi connectivity index (χ0n) is 11.5. The van der Waals surface area contributed by atoms with Crippen molar-refractivity contribution in [2.75, 3.05) is 11.9 Å². The van der Waals surface area contributed by atoms with Crippen molar-refractivity contribution in [2.24, 2.45) is 0 Å². The molecule has 0 saturated carbocycles. The maximum Gasteiger partial charge on any atom is 0.258 e. The monoisotopic (exact) mass is 267 g/mol. The summed E-state index contributed by atoms with van der Waals surface area (Å²) in [6, 6.07) is 12.7. The number of rotatable bonds is 2. The highest BCUT2D eigenvalue weighted by Crippen LogP contribution is 2.25. The zero-order chi connectivity index (χ0) is 14.1. The third kappa shape index (κ3) is 2.27. The maximum absolute atomic E-state index is 12.5. The van der Waals surface area contributed by atoms with E-state index in [1.54, 1.807) is 30.1 Å². The minimum atomic E-state index is -0.0506. The summed E-state index contributed by atoms with van der Waals surface area (Å²) >= 11 is 0. The second-order valence-electron chi connectivity index (χ2n) is 5.22. The Morgan fingerprint density at radius 2 is 1.90 bits per heavy atom. The highest BCUT2D eigenvalue weighted by Gasteiger charge is 2.17. The topological polar surface area (TPSA) is 40.5 Å². The van der Waals surface area contributed by atoms with Crippen LogP contribution in [0.3, 0.4) is 0 Å². The number of hydrogen-bond acceptors (Lipinski definition) is 2. The van der Waals surface area contributed by atoms with Crippen molar-refractivity contribution >= 4 is 11.6 Å². The first kappa shape index (κ1) is 12.7. The summed E-state index contributed by atoms with van der Waals surface area (Å²) < 4.78 is 0. The molecule has 0 fully saturated rings. The van der Waals surface area contributed by atoms with Gasteiger partial charge in [0, 0.05) is 24.4 Å². The second-order valence-corrected chi connectivity index (χ2v) is 5.22. The number of anilines is 1. The summed E-state index contributed by atoms with van der Waals surface area (Å²) in [5.74, 6) is 0.112. The molecule has 0 unspecified atom stereocenters. The first-order chi connectivity index (χ1) is 9.65. The molecule has 1 amide bonds. The fourth-order valence-electron chi connectivity index (χ4n) is 2.72. The van der Waals surface area contributed by atoms with Crippen molar-refractivity contribution < 1.29 is 9.90 Å². The lowest BCUT2D eigenvalue weighted by molar-refractivity contribution is 0.0993. The van der Waals surface area contributed by atoms with E-state index in [1.165, 1.54) is 17.5 Å². The van der Waals surface area contributed by atoms with Gasteiger partial charge in [-0.25, -0.2) is 0 Å². The lowest BCUT2D eigenvalue weighted by Crippen LogP contribution is -2.26. The fourth-order valence-corrected chi connectivity index (χ4v) is 2.72. The minimum absolute atomic E-state index is 0.0506. The Morgan fingerprint density at radius 3 is 2.70 bits per heavy atom. The van der Waals surface area contributed by atoms with E-state index >= 15 is 0 Å². The quantitative estimate of drug-likeness (QED) is 0.908. The van der Waals surface area contributed by atoms with Crippen LogP contribution in [0.4, 0.5) is 5.69 Å². The summed E-state index contributed by atoms with van der Waals surface area (Å²) in [6.45, 7) is 0. The third-order valence-electron chi connectivity index (χ3n) is 3.87. The molecule has 1 aliphatic rings. The van der Waals surface area contributed by atoms with Gasteiger partial charge in [0.2, 0.25) is 0 Å². The van der Waals surface area contributed by atoms with Crippen LogP contribution in [0.15, 0.2) is 42.5 Å². The normalized spacial score (nSPS) is 13.1. The Kier molecular flexibility index (Phi) is 3.18. The number of fused-ring (bicyclic) bond motifs is 1. The van der Waals surface area contributed by atoms with Crippen LogP contribution in [0.2, 0.25) is 0 Å².